The highest BCUT2D eigenvalue weighted by Gasteiger charge is 2.29. The average Bonchev–Trinajstić information content (AvgIpc) is 3.18. The van der Waals surface area contributed by atoms with Crippen LogP contribution in [0.3, 0.4) is 0 Å². The van der Waals surface area contributed by atoms with Crippen molar-refractivity contribution in [3.8, 4) is 0 Å². The van der Waals surface area contributed by atoms with Gasteiger partial charge in [0, 0.05) is 13.1 Å². The van der Waals surface area contributed by atoms with Crippen molar-refractivity contribution in [1.29, 1.82) is 0 Å². The van der Waals surface area contributed by atoms with E-state index in [0.29, 0.717) is 24.7 Å². The molecule has 5 nitrogen and oxygen atoms in total. The number of rotatable bonds is 6. The molecule has 0 aliphatic heterocycles. The Balaban J connectivity index is 2.04. The average molecular weight is 272 g/mol. The Morgan fingerprint density at radius 1 is 1.67 bits per heavy atom. The lowest BCUT2D eigenvalue weighted by molar-refractivity contribution is 0.164. The van der Waals surface area contributed by atoms with Crippen LogP contribution in [0.4, 0.5) is 5.69 Å². The van der Waals surface area contributed by atoms with Crippen molar-refractivity contribution >= 4 is 17.3 Å². The quantitative estimate of drug-likeness (QED) is 0.823. The minimum atomic E-state index is -0.376. The summed E-state index contributed by atoms with van der Waals surface area (Å²) in [5, 5.41) is 16.9. The largest absolute Gasteiger partial charge is 0.391 e. The van der Waals surface area contributed by atoms with Crippen molar-refractivity contribution in [2.75, 3.05) is 11.9 Å². The van der Waals surface area contributed by atoms with Gasteiger partial charge in [-0.1, -0.05) is 18.5 Å². The molecule has 1 aliphatic rings. The van der Waals surface area contributed by atoms with Crippen LogP contribution in [0.2, 0.25) is 5.02 Å². The molecule has 2 rings (SSSR count). The zero-order valence-electron chi connectivity index (χ0n) is 10.4. The molecule has 0 radical (unpaired) electrons. The van der Waals surface area contributed by atoms with Gasteiger partial charge in [0.2, 0.25) is 0 Å². The first-order chi connectivity index (χ1) is 8.63. The molecule has 1 fully saturated rings. The summed E-state index contributed by atoms with van der Waals surface area (Å²) in [6.07, 6.45) is 4.15. The lowest BCUT2D eigenvalue weighted by atomic mass is 10.2. The van der Waals surface area contributed by atoms with Crippen molar-refractivity contribution in [2.24, 2.45) is 5.92 Å². The molecule has 0 saturated heterocycles. The lowest BCUT2D eigenvalue weighted by Crippen LogP contribution is -2.26. The number of aryl methyl sites for hydroxylation is 1. The maximum atomic E-state index is 11.8. The van der Waals surface area contributed by atoms with Crippen LogP contribution < -0.4 is 10.9 Å². The molecule has 2 N–H and O–H groups in total. The van der Waals surface area contributed by atoms with Crippen LogP contribution in [0.5, 0.6) is 0 Å². The topological polar surface area (TPSA) is 67.2 Å². The van der Waals surface area contributed by atoms with E-state index in [4.69, 9.17) is 11.6 Å². The zero-order valence-corrected chi connectivity index (χ0v) is 11.2. The fraction of sp³-hybridized carbons (Fsp3) is 0.667. The van der Waals surface area contributed by atoms with Crippen LogP contribution >= 0.6 is 11.6 Å². The molecule has 100 valence electrons. The number of anilines is 1. The van der Waals surface area contributed by atoms with E-state index in [1.54, 1.807) is 6.20 Å². The number of aromatic nitrogens is 2. The summed E-state index contributed by atoms with van der Waals surface area (Å²) >= 11 is 6.00. The predicted molar refractivity (Wildman–Crippen MR) is 71.0 cm³/mol. The molecule has 0 amide bonds. The molecule has 0 spiro atoms. The summed E-state index contributed by atoms with van der Waals surface area (Å²) in [5.74, 6) is 0.393. The van der Waals surface area contributed by atoms with Gasteiger partial charge in [-0.3, -0.25) is 4.79 Å². The highest BCUT2D eigenvalue weighted by molar-refractivity contribution is 6.32. The predicted octanol–water partition coefficient (Wildman–Crippen LogP) is 1.49. The van der Waals surface area contributed by atoms with Gasteiger partial charge in [0.05, 0.1) is 18.0 Å². The molecular formula is C12H18ClN3O2. The van der Waals surface area contributed by atoms with Gasteiger partial charge < -0.3 is 10.4 Å². The summed E-state index contributed by atoms with van der Waals surface area (Å²) in [5.41, 5.74) is 0.207. The van der Waals surface area contributed by atoms with Crippen molar-refractivity contribution < 1.29 is 5.11 Å². The summed E-state index contributed by atoms with van der Waals surface area (Å²) in [6.45, 7) is 2.94. The third-order valence-corrected chi connectivity index (χ3v) is 3.45. The molecule has 0 bridgehead atoms. The van der Waals surface area contributed by atoms with Crippen LogP contribution in [0.25, 0.3) is 0 Å². The van der Waals surface area contributed by atoms with Crippen LogP contribution in [0.1, 0.15) is 26.2 Å². The maximum absolute atomic E-state index is 11.8. The van der Waals surface area contributed by atoms with Gasteiger partial charge in [0.25, 0.3) is 5.56 Å². The molecular weight excluding hydrogens is 254 g/mol. The Morgan fingerprint density at radius 3 is 3.00 bits per heavy atom. The van der Waals surface area contributed by atoms with Crippen molar-refractivity contribution in [3.63, 3.8) is 0 Å². The Bertz CT molecular complexity index is 471. The normalized spacial score (nSPS) is 16.6. The standard InChI is InChI=1S/C12H18ClN3O2/c1-2-5-16-12(18)11(13)9(6-15-16)14-7-10(17)8-3-4-8/h6,8,10,14,17H,2-5,7H2,1H3. The van der Waals surface area contributed by atoms with Gasteiger partial charge >= 0.3 is 0 Å². The highest BCUT2D eigenvalue weighted by Crippen LogP contribution is 2.32. The second kappa shape index (κ2) is 5.71. The van der Waals surface area contributed by atoms with Gasteiger partial charge in [-0.15, -0.1) is 0 Å². The fourth-order valence-electron chi connectivity index (χ4n) is 1.82. The molecule has 1 saturated carbocycles. The van der Waals surface area contributed by atoms with Crippen LogP contribution in [-0.4, -0.2) is 27.5 Å². The number of nitrogens with one attached hydrogen (secondary N) is 1. The molecule has 1 heterocycles. The Morgan fingerprint density at radius 2 is 2.39 bits per heavy atom. The molecule has 1 aromatic rings. The summed E-state index contributed by atoms with van der Waals surface area (Å²) in [4.78, 5) is 11.8. The summed E-state index contributed by atoms with van der Waals surface area (Å²) < 4.78 is 1.35. The molecule has 1 aromatic heterocycles. The molecule has 1 unspecified atom stereocenters. The van der Waals surface area contributed by atoms with E-state index in [9.17, 15) is 9.90 Å². The molecule has 18 heavy (non-hydrogen) atoms. The number of hydrogen-bond acceptors (Lipinski definition) is 4. The van der Waals surface area contributed by atoms with E-state index in [0.717, 1.165) is 19.3 Å². The van der Waals surface area contributed by atoms with E-state index < -0.39 is 0 Å². The summed E-state index contributed by atoms with van der Waals surface area (Å²) in [7, 11) is 0. The van der Waals surface area contributed by atoms with E-state index in [2.05, 4.69) is 10.4 Å². The molecule has 1 aliphatic carbocycles. The van der Waals surface area contributed by atoms with Crippen LogP contribution in [0, 0.1) is 5.92 Å². The third kappa shape index (κ3) is 3.03. The fourth-order valence-corrected chi connectivity index (χ4v) is 2.03. The van der Waals surface area contributed by atoms with E-state index in [1.807, 2.05) is 6.92 Å². The number of aliphatic hydroxyl groups excluding tert-OH is 1. The molecule has 0 aromatic carbocycles. The first-order valence-corrected chi connectivity index (χ1v) is 6.68. The van der Waals surface area contributed by atoms with Crippen LogP contribution in [0.15, 0.2) is 11.0 Å². The maximum Gasteiger partial charge on any atom is 0.287 e. The highest BCUT2D eigenvalue weighted by atomic mass is 35.5. The Labute approximate surface area is 111 Å². The minimum Gasteiger partial charge on any atom is -0.391 e. The number of aliphatic hydroxyl groups is 1. The second-order valence-electron chi connectivity index (χ2n) is 4.69. The van der Waals surface area contributed by atoms with Gasteiger partial charge in [-0.25, -0.2) is 4.68 Å². The SMILES string of the molecule is CCCn1ncc(NCC(O)C2CC2)c(Cl)c1=O. The van der Waals surface area contributed by atoms with Gasteiger partial charge in [0.1, 0.15) is 5.02 Å². The van der Waals surface area contributed by atoms with Crippen molar-refractivity contribution in [2.45, 2.75) is 38.8 Å². The van der Waals surface area contributed by atoms with E-state index in [-0.39, 0.29) is 16.7 Å². The van der Waals surface area contributed by atoms with Crippen molar-refractivity contribution in [1.82, 2.24) is 9.78 Å². The van der Waals surface area contributed by atoms with Gasteiger partial charge in [-0.2, -0.15) is 5.10 Å². The third-order valence-electron chi connectivity index (χ3n) is 3.09. The van der Waals surface area contributed by atoms with E-state index >= 15 is 0 Å². The minimum absolute atomic E-state index is 0.140. The van der Waals surface area contributed by atoms with Crippen LogP contribution in [-0.2, 0) is 6.54 Å². The van der Waals surface area contributed by atoms with Gasteiger partial charge in [-0.05, 0) is 25.2 Å². The lowest BCUT2D eigenvalue weighted by Gasteiger charge is -2.13. The Kier molecular flexibility index (Phi) is 4.24. The first-order valence-electron chi connectivity index (χ1n) is 6.31. The first kappa shape index (κ1) is 13.4. The second-order valence-corrected chi connectivity index (χ2v) is 5.06. The number of hydrogen-bond donors (Lipinski definition) is 2. The number of nitrogens with zero attached hydrogens (tertiary/aromatic N) is 2. The zero-order chi connectivity index (χ0) is 13.1. The molecule has 6 heteroatoms. The molecule has 1 atom stereocenters. The van der Waals surface area contributed by atoms with Crippen molar-refractivity contribution in [3.05, 3.63) is 21.6 Å². The summed E-state index contributed by atoms with van der Waals surface area (Å²) in [6, 6.07) is 0. The smallest absolute Gasteiger partial charge is 0.287 e. The monoisotopic (exact) mass is 271 g/mol. The number of halogens is 1. The van der Waals surface area contributed by atoms with E-state index in [1.165, 1.54) is 4.68 Å². The Hall–Kier alpha value is -1.07. The van der Waals surface area contributed by atoms with Gasteiger partial charge in [0.15, 0.2) is 0 Å².